The van der Waals surface area contributed by atoms with Crippen molar-refractivity contribution < 1.29 is 5.11 Å². The molecule has 2 aliphatic carbocycles. The maximum Gasteiger partial charge on any atom is 0.154 e. The van der Waals surface area contributed by atoms with E-state index in [1.807, 2.05) is 6.08 Å². The maximum absolute atomic E-state index is 9.89. The van der Waals surface area contributed by atoms with Crippen molar-refractivity contribution >= 4 is 11.5 Å². The van der Waals surface area contributed by atoms with Gasteiger partial charge in [-0.15, -0.1) is 0 Å². The monoisotopic (exact) mass is 254 g/mol. The SMILES string of the molecule is CC1C=CC(C2=NCC(C3=CCCC=C3O)=N2)=CC1. The van der Waals surface area contributed by atoms with Crippen molar-refractivity contribution in [3.63, 3.8) is 0 Å². The Labute approximate surface area is 113 Å². The summed E-state index contributed by atoms with van der Waals surface area (Å²) in [6.07, 6.45) is 13.3. The molecule has 1 atom stereocenters. The number of amidine groups is 1. The average Bonchev–Trinajstić information content (AvgIpc) is 2.89. The van der Waals surface area contributed by atoms with Crippen LogP contribution in [0.4, 0.5) is 0 Å². The van der Waals surface area contributed by atoms with Gasteiger partial charge in [0.15, 0.2) is 5.84 Å². The van der Waals surface area contributed by atoms with Crippen molar-refractivity contribution in [3.05, 3.63) is 47.3 Å². The van der Waals surface area contributed by atoms with Crippen LogP contribution in [0.25, 0.3) is 0 Å². The third kappa shape index (κ3) is 2.46. The van der Waals surface area contributed by atoms with Crippen LogP contribution >= 0.6 is 0 Å². The van der Waals surface area contributed by atoms with Gasteiger partial charge in [0, 0.05) is 11.1 Å². The van der Waals surface area contributed by atoms with E-state index in [4.69, 9.17) is 0 Å². The highest BCUT2D eigenvalue weighted by Gasteiger charge is 2.20. The number of hydrogen-bond donors (Lipinski definition) is 1. The molecule has 3 aliphatic rings. The van der Waals surface area contributed by atoms with E-state index in [-0.39, 0.29) is 0 Å². The molecule has 1 aliphatic heterocycles. The first kappa shape index (κ1) is 12.2. The Kier molecular flexibility index (Phi) is 3.20. The lowest BCUT2D eigenvalue weighted by Gasteiger charge is -2.11. The summed E-state index contributed by atoms with van der Waals surface area (Å²) in [6.45, 7) is 2.77. The van der Waals surface area contributed by atoms with E-state index in [0.717, 1.165) is 42.0 Å². The number of allylic oxidation sites excluding steroid dienone is 5. The van der Waals surface area contributed by atoms with Gasteiger partial charge < -0.3 is 5.11 Å². The molecule has 0 bridgehead atoms. The van der Waals surface area contributed by atoms with Gasteiger partial charge in [0.25, 0.3) is 0 Å². The van der Waals surface area contributed by atoms with Crippen molar-refractivity contribution in [2.75, 3.05) is 6.54 Å². The van der Waals surface area contributed by atoms with Crippen LogP contribution in [-0.4, -0.2) is 23.2 Å². The summed E-state index contributed by atoms with van der Waals surface area (Å²) in [6, 6.07) is 0. The fourth-order valence-corrected chi connectivity index (χ4v) is 2.47. The van der Waals surface area contributed by atoms with E-state index in [1.54, 1.807) is 0 Å². The van der Waals surface area contributed by atoms with E-state index in [0.29, 0.717) is 18.2 Å². The van der Waals surface area contributed by atoms with Crippen LogP contribution in [0.15, 0.2) is 57.3 Å². The van der Waals surface area contributed by atoms with Gasteiger partial charge in [-0.3, -0.25) is 4.99 Å². The summed E-state index contributed by atoms with van der Waals surface area (Å²) in [5.74, 6) is 1.75. The molecular weight excluding hydrogens is 236 g/mol. The lowest BCUT2D eigenvalue weighted by atomic mass is 9.98. The van der Waals surface area contributed by atoms with Gasteiger partial charge in [0.2, 0.25) is 0 Å². The van der Waals surface area contributed by atoms with Crippen molar-refractivity contribution in [3.8, 4) is 0 Å². The Morgan fingerprint density at radius 3 is 2.79 bits per heavy atom. The van der Waals surface area contributed by atoms with Crippen LogP contribution < -0.4 is 0 Å². The van der Waals surface area contributed by atoms with Gasteiger partial charge in [-0.25, -0.2) is 4.99 Å². The molecule has 0 saturated heterocycles. The highest BCUT2D eigenvalue weighted by molar-refractivity contribution is 6.19. The van der Waals surface area contributed by atoms with Gasteiger partial charge in [-0.2, -0.15) is 0 Å². The first-order chi connectivity index (χ1) is 9.24. The molecule has 3 rings (SSSR count). The Morgan fingerprint density at radius 2 is 2.05 bits per heavy atom. The molecule has 98 valence electrons. The zero-order chi connectivity index (χ0) is 13.2. The van der Waals surface area contributed by atoms with Gasteiger partial charge in [-0.05, 0) is 31.3 Å². The van der Waals surface area contributed by atoms with E-state index in [1.165, 1.54) is 0 Å². The number of hydrogen-bond acceptors (Lipinski definition) is 3. The summed E-state index contributed by atoms with van der Waals surface area (Å²) in [7, 11) is 0. The minimum atomic E-state index is 0.350. The van der Waals surface area contributed by atoms with Gasteiger partial charge in [0.1, 0.15) is 5.76 Å². The van der Waals surface area contributed by atoms with E-state index < -0.39 is 0 Å². The predicted molar refractivity (Wildman–Crippen MR) is 78.8 cm³/mol. The number of nitrogens with zero attached hydrogens (tertiary/aromatic N) is 2. The molecule has 3 nitrogen and oxygen atoms in total. The molecule has 0 fully saturated rings. The number of aliphatic hydroxyl groups is 1. The second-order valence-electron chi connectivity index (χ2n) is 5.21. The minimum Gasteiger partial charge on any atom is -0.508 e. The Morgan fingerprint density at radius 1 is 1.21 bits per heavy atom. The third-order valence-corrected chi connectivity index (χ3v) is 3.63. The molecule has 0 aromatic heterocycles. The van der Waals surface area contributed by atoms with Crippen LogP contribution in [0, 0.1) is 5.92 Å². The fraction of sp³-hybridized carbons (Fsp3) is 0.375. The maximum atomic E-state index is 9.89. The molecule has 1 heterocycles. The van der Waals surface area contributed by atoms with Crippen molar-refractivity contribution in [2.24, 2.45) is 15.9 Å². The predicted octanol–water partition coefficient (Wildman–Crippen LogP) is 3.52. The molecule has 3 heteroatoms. The van der Waals surface area contributed by atoms with Gasteiger partial charge in [-0.1, -0.05) is 31.2 Å². The molecule has 19 heavy (non-hydrogen) atoms. The van der Waals surface area contributed by atoms with Gasteiger partial charge >= 0.3 is 0 Å². The Bertz CT molecular complexity index is 574. The first-order valence-electron chi connectivity index (χ1n) is 6.85. The smallest absolute Gasteiger partial charge is 0.154 e. The highest BCUT2D eigenvalue weighted by atomic mass is 16.3. The topological polar surface area (TPSA) is 45.0 Å². The fourth-order valence-electron chi connectivity index (χ4n) is 2.47. The molecule has 1 unspecified atom stereocenters. The lowest BCUT2D eigenvalue weighted by molar-refractivity contribution is 0.422. The summed E-state index contributed by atoms with van der Waals surface area (Å²) in [4.78, 5) is 9.08. The van der Waals surface area contributed by atoms with E-state index in [9.17, 15) is 5.11 Å². The standard InChI is InChI=1S/C16H18N2O/c1-11-6-8-12(9-7-11)16-17-10-14(18-16)13-4-2-3-5-15(13)19/h4-6,8-9,11,19H,2-3,7,10H2,1H3. The molecule has 0 radical (unpaired) electrons. The van der Waals surface area contributed by atoms with Crippen molar-refractivity contribution in [1.82, 2.24) is 0 Å². The number of aliphatic hydroxyl groups excluding tert-OH is 1. The Hall–Kier alpha value is -1.90. The van der Waals surface area contributed by atoms with Crippen LogP contribution in [0.3, 0.4) is 0 Å². The second kappa shape index (κ2) is 5.00. The molecule has 0 spiro atoms. The molecule has 0 aromatic carbocycles. The van der Waals surface area contributed by atoms with Crippen molar-refractivity contribution in [2.45, 2.75) is 26.2 Å². The van der Waals surface area contributed by atoms with Crippen LogP contribution in [-0.2, 0) is 0 Å². The Balaban J connectivity index is 1.79. The molecule has 0 aromatic rings. The third-order valence-electron chi connectivity index (χ3n) is 3.63. The van der Waals surface area contributed by atoms with E-state index in [2.05, 4.69) is 41.2 Å². The zero-order valence-corrected chi connectivity index (χ0v) is 11.1. The average molecular weight is 254 g/mol. The molecule has 0 saturated carbocycles. The molecular formula is C16H18N2O. The van der Waals surface area contributed by atoms with E-state index >= 15 is 0 Å². The summed E-state index contributed by atoms with van der Waals surface area (Å²) >= 11 is 0. The first-order valence-corrected chi connectivity index (χ1v) is 6.85. The largest absolute Gasteiger partial charge is 0.508 e. The summed E-state index contributed by atoms with van der Waals surface area (Å²) < 4.78 is 0. The molecule has 1 N–H and O–H groups in total. The summed E-state index contributed by atoms with van der Waals surface area (Å²) in [5, 5.41) is 9.89. The van der Waals surface area contributed by atoms with Crippen LogP contribution in [0.5, 0.6) is 0 Å². The quantitative estimate of drug-likeness (QED) is 0.805. The van der Waals surface area contributed by atoms with Crippen LogP contribution in [0.2, 0.25) is 0 Å². The van der Waals surface area contributed by atoms with Gasteiger partial charge in [0.05, 0.1) is 12.3 Å². The zero-order valence-electron chi connectivity index (χ0n) is 11.1. The normalized spacial score (nSPS) is 26.4. The number of rotatable bonds is 2. The minimum absolute atomic E-state index is 0.350. The number of aliphatic imine (C=N–C) groups is 2. The summed E-state index contributed by atoms with van der Waals surface area (Å²) in [5.41, 5.74) is 2.85. The lowest BCUT2D eigenvalue weighted by Crippen LogP contribution is -2.09. The van der Waals surface area contributed by atoms with Crippen LogP contribution in [0.1, 0.15) is 26.2 Å². The van der Waals surface area contributed by atoms with Crippen molar-refractivity contribution in [1.29, 1.82) is 0 Å². The second-order valence-corrected chi connectivity index (χ2v) is 5.21. The highest BCUT2D eigenvalue weighted by Crippen LogP contribution is 2.23. The molecule has 0 amide bonds.